The Morgan fingerprint density at radius 2 is 2.33 bits per heavy atom. The lowest BCUT2D eigenvalue weighted by atomic mass is 9.88. The van der Waals surface area contributed by atoms with E-state index in [-0.39, 0.29) is 6.01 Å². The van der Waals surface area contributed by atoms with Gasteiger partial charge in [-0.05, 0) is 13.3 Å². The first-order chi connectivity index (χ1) is 7.01. The molecule has 1 N–H and O–H groups in total. The van der Waals surface area contributed by atoms with Crippen molar-refractivity contribution in [2.24, 2.45) is 5.41 Å². The van der Waals surface area contributed by atoms with Crippen LogP contribution >= 0.6 is 0 Å². The normalized spacial score (nSPS) is 14.0. The number of nitriles is 1. The van der Waals surface area contributed by atoms with Crippen LogP contribution < -0.4 is 5.32 Å². The third-order valence-electron chi connectivity index (χ3n) is 2.20. The summed E-state index contributed by atoms with van der Waals surface area (Å²) in [6.07, 6.45) is 0.419. The fourth-order valence-corrected chi connectivity index (χ4v) is 0.873. The summed E-state index contributed by atoms with van der Waals surface area (Å²) in [5.74, 6) is -0.0726. The minimum Gasteiger partial charge on any atom is -0.408 e. The minimum atomic E-state index is -1.07. The second-order valence-electron chi connectivity index (χ2n) is 3.38. The van der Waals surface area contributed by atoms with Gasteiger partial charge >= 0.3 is 6.01 Å². The Morgan fingerprint density at radius 1 is 1.67 bits per heavy atom. The molecule has 1 unspecified atom stereocenters. The first kappa shape index (κ1) is 11.2. The fourth-order valence-electron chi connectivity index (χ4n) is 0.873. The van der Waals surface area contributed by atoms with Crippen LogP contribution in [0.4, 0.5) is 6.01 Å². The molecule has 0 aliphatic rings. The second kappa shape index (κ2) is 4.09. The van der Waals surface area contributed by atoms with Crippen LogP contribution in [0.25, 0.3) is 0 Å². The van der Waals surface area contributed by atoms with Gasteiger partial charge in [-0.1, -0.05) is 12.0 Å². The molecule has 1 rings (SSSR count). The van der Waals surface area contributed by atoms with Crippen LogP contribution in [-0.2, 0) is 4.79 Å². The molecular weight excluding hydrogens is 196 g/mol. The van der Waals surface area contributed by atoms with E-state index in [1.807, 2.05) is 6.07 Å². The van der Waals surface area contributed by atoms with Crippen molar-refractivity contribution in [3.8, 4) is 6.07 Å². The van der Waals surface area contributed by atoms with Gasteiger partial charge in [-0.3, -0.25) is 10.1 Å². The monoisotopic (exact) mass is 208 g/mol. The van der Waals surface area contributed by atoms with Crippen molar-refractivity contribution in [1.82, 2.24) is 10.2 Å². The molecular formula is C9H12N4O2. The molecule has 6 heteroatoms. The third-order valence-corrected chi connectivity index (χ3v) is 2.20. The SMILES string of the molecule is CCC(C)(C#N)C(=O)Nc1nnc(C)o1. The number of rotatable bonds is 3. The Kier molecular flexibility index (Phi) is 3.04. The molecule has 0 aliphatic carbocycles. The van der Waals surface area contributed by atoms with Gasteiger partial charge in [-0.25, -0.2) is 0 Å². The molecule has 1 atom stereocenters. The number of hydrogen-bond acceptors (Lipinski definition) is 5. The van der Waals surface area contributed by atoms with E-state index in [1.54, 1.807) is 20.8 Å². The predicted octanol–water partition coefficient (Wildman–Crippen LogP) is 1.26. The number of carbonyl (C=O) groups excluding carboxylic acids is 1. The van der Waals surface area contributed by atoms with Gasteiger partial charge in [0.15, 0.2) is 0 Å². The number of aryl methyl sites for hydroxylation is 1. The summed E-state index contributed by atoms with van der Waals surface area (Å²) in [7, 11) is 0. The standard InChI is InChI=1S/C9H12N4O2/c1-4-9(3,5-10)7(14)11-8-13-12-6(2)15-8/h4H2,1-3H3,(H,11,13,14). The maximum Gasteiger partial charge on any atom is 0.322 e. The van der Waals surface area contributed by atoms with Crippen LogP contribution in [0.3, 0.4) is 0 Å². The maximum atomic E-state index is 11.6. The van der Waals surface area contributed by atoms with Crippen molar-refractivity contribution in [3.63, 3.8) is 0 Å². The van der Waals surface area contributed by atoms with Gasteiger partial charge in [0.25, 0.3) is 0 Å². The number of anilines is 1. The van der Waals surface area contributed by atoms with E-state index in [2.05, 4.69) is 15.5 Å². The van der Waals surface area contributed by atoms with Crippen LogP contribution in [0, 0.1) is 23.7 Å². The molecule has 0 saturated carbocycles. The van der Waals surface area contributed by atoms with Gasteiger partial charge in [0.1, 0.15) is 5.41 Å². The van der Waals surface area contributed by atoms with E-state index in [1.165, 1.54) is 0 Å². The zero-order valence-electron chi connectivity index (χ0n) is 8.87. The van der Waals surface area contributed by atoms with E-state index in [0.717, 1.165) is 0 Å². The zero-order chi connectivity index (χ0) is 11.5. The lowest BCUT2D eigenvalue weighted by molar-refractivity contribution is -0.122. The summed E-state index contributed by atoms with van der Waals surface area (Å²) in [4.78, 5) is 11.6. The molecule has 15 heavy (non-hydrogen) atoms. The summed E-state index contributed by atoms with van der Waals surface area (Å²) < 4.78 is 4.97. The zero-order valence-corrected chi connectivity index (χ0v) is 8.87. The minimum absolute atomic E-state index is 0.0208. The van der Waals surface area contributed by atoms with Gasteiger partial charge in [0.05, 0.1) is 6.07 Å². The van der Waals surface area contributed by atoms with Crippen LogP contribution in [0.1, 0.15) is 26.2 Å². The molecule has 0 spiro atoms. The highest BCUT2D eigenvalue weighted by Gasteiger charge is 2.32. The summed E-state index contributed by atoms with van der Waals surface area (Å²) in [6, 6.07) is 1.97. The Bertz CT molecular complexity index is 406. The highest BCUT2D eigenvalue weighted by molar-refractivity contribution is 5.95. The lowest BCUT2D eigenvalue weighted by Gasteiger charge is -2.16. The highest BCUT2D eigenvalue weighted by Crippen LogP contribution is 2.21. The van der Waals surface area contributed by atoms with E-state index >= 15 is 0 Å². The first-order valence-corrected chi connectivity index (χ1v) is 4.54. The van der Waals surface area contributed by atoms with Gasteiger partial charge in [-0.15, -0.1) is 5.10 Å². The molecule has 80 valence electrons. The smallest absolute Gasteiger partial charge is 0.322 e. The van der Waals surface area contributed by atoms with Crippen molar-refractivity contribution in [1.29, 1.82) is 5.26 Å². The number of carbonyl (C=O) groups is 1. The number of hydrogen-bond donors (Lipinski definition) is 1. The molecule has 0 radical (unpaired) electrons. The average Bonchev–Trinajstić information content (AvgIpc) is 2.62. The van der Waals surface area contributed by atoms with Gasteiger partial charge in [-0.2, -0.15) is 5.26 Å². The second-order valence-corrected chi connectivity index (χ2v) is 3.38. The average molecular weight is 208 g/mol. The highest BCUT2D eigenvalue weighted by atomic mass is 16.4. The molecule has 1 amide bonds. The molecule has 0 fully saturated rings. The largest absolute Gasteiger partial charge is 0.408 e. The topological polar surface area (TPSA) is 91.8 Å². The molecule has 6 nitrogen and oxygen atoms in total. The molecule has 1 heterocycles. The Hall–Kier alpha value is -1.90. The van der Waals surface area contributed by atoms with Gasteiger partial charge < -0.3 is 4.42 Å². The van der Waals surface area contributed by atoms with E-state index in [9.17, 15) is 4.79 Å². The molecule has 1 aromatic rings. The maximum absolute atomic E-state index is 11.6. The lowest BCUT2D eigenvalue weighted by Crippen LogP contribution is -2.31. The summed E-state index contributed by atoms with van der Waals surface area (Å²) in [5, 5.41) is 18.4. The van der Waals surface area contributed by atoms with Crippen molar-refractivity contribution in [3.05, 3.63) is 5.89 Å². The molecule has 0 bridgehead atoms. The summed E-state index contributed by atoms with van der Waals surface area (Å²) >= 11 is 0. The van der Waals surface area contributed by atoms with E-state index < -0.39 is 11.3 Å². The Morgan fingerprint density at radius 3 is 2.73 bits per heavy atom. The van der Waals surface area contributed by atoms with Gasteiger partial charge in [0.2, 0.25) is 11.8 Å². The predicted molar refractivity (Wildman–Crippen MR) is 51.7 cm³/mol. The summed E-state index contributed by atoms with van der Waals surface area (Å²) in [5.41, 5.74) is -1.07. The quantitative estimate of drug-likeness (QED) is 0.807. The Balaban J connectivity index is 2.76. The molecule has 0 saturated heterocycles. The van der Waals surface area contributed by atoms with Crippen LogP contribution in [0.15, 0.2) is 4.42 Å². The number of aromatic nitrogens is 2. The number of nitrogens with zero attached hydrogens (tertiary/aromatic N) is 3. The van der Waals surface area contributed by atoms with Crippen molar-refractivity contribution >= 4 is 11.9 Å². The van der Waals surface area contributed by atoms with Gasteiger partial charge in [0, 0.05) is 6.92 Å². The van der Waals surface area contributed by atoms with E-state index in [0.29, 0.717) is 12.3 Å². The number of amides is 1. The van der Waals surface area contributed by atoms with Crippen molar-refractivity contribution in [2.45, 2.75) is 27.2 Å². The first-order valence-electron chi connectivity index (χ1n) is 4.54. The van der Waals surface area contributed by atoms with Crippen LogP contribution in [0.5, 0.6) is 0 Å². The van der Waals surface area contributed by atoms with Crippen LogP contribution in [0.2, 0.25) is 0 Å². The Labute approximate surface area is 87.3 Å². The van der Waals surface area contributed by atoms with Crippen LogP contribution in [-0.4, -0.2) is 16.1 Å². The van der Waals surface area contributed by atoms with Crippen molar-refractivity contribution < 1.29 is 9.21 Å². The molecule has 1 aromatic heterocycles. The number of nitrogens with one attached hydrogen (secondary N) is 1. The van der Waals surface area contributed by atoms with Crippen molar-refractivity contribution in [2.75, 3.05) is 5.32 Å². The molecule has 0 aliphatic heterocycles. The third kappa shape index (κ3) is 2.31. The molecule has 0 aromatic carbocycles. The van der Waals surface area contributed by atoms with E-state index in [4.69, 9.17) is 9.68 Å². The fraction of sp³-hybridized carbons (Fsp3) is 0.556. The summed E-state index contributed by atoms with van der Waals surface area (Å²) in [6.45, 7) is 4.94.